The van der Waals surface area contributed by atoms with Crippen LogP contribution >= 0.6 is 11.8 Å². The molecule has 11 atom stereocenters. The number of esters is 4. The maximum Gasteiger partial charge on any atom is 0.338 e. The van der Waals surface area contributed by atoms with Crippen LogP contribution in [0.3, 0.4) is 0 Å². The van der Waals surface area contributed by atoms with Crippen LogP contribution in [0.4, 0.5) is 4.79 Å². The Morgan fingerprint density at radius 2 is 1.70 bits per heavy atom. The average Bonchev–Trinajstić information content (AvgIpc) is 3.73. The van der Waals surface area contributed by atoms with Gasteiger partial charge in [0.25, 0.3) is 5.24 Å². The number of benzene rings is 1. The molecule has 60 heavy (non-hydrogen) atoms. The van der Waals surface area contributed by atoms with Gasteiger partial charge in [-0.05, 0) is 55.7 Å². The summed E-state index contributed by atoms with van der Waals surface area (Å²) in [4.78, 5) is 82.6. The number of unbranched alkanes of at least 4 members (excludes halogenated alkanes) is 1. The summed E-state index contributed by atoms with van der Waals surface area (Å²) >= 11 is 0.964. The van der Waals surface area contributed by atoms with Crippen LogP contribution in [0.25, 0.3) is 0 Å². The van der Waals surface area contributed by atoms with Gasteiger partial charge in [0.15, 0.2) is 23.6 Å². The Morgan fingerprint density at radius 3 is 2.28 bits per heavy atom. The molecule has 0 unspecified atom stereocenters. The molecular weight excluding hydrogens is 803 g/mol. The van der Waals surface area contributed by atoms with Gasteiger partial charge in [0, 0.05) is 37.9 Å². The molecule has 6 rings (SSSR count). The minimum atomic E-state index is -2.39. The number of nitrogens with one attached hydrogen (secondary N) is 1. The molecule has 0 radical (unpaired) electrons. The van der Waals surface area contributed by atoms with Crippen LogP contribution in [0.5, 0.6) is 0 Å². The number of Topliss-reactive ketones (excluding diaryl/α,β-unsaturated/α-hetero) is 1. The fourth-order valence-corrected chi connectivity index (χ4v) is 10.4. The summed E-state index contributed by atoms with van der Waals surface area (Å²) in [5.41, 5.74) is -7.63. The largest absolute Gasteiger partial charge is 0.467 e. The van der Waals surface area contributed by atoms with Crippen molar-refractivity contribution < 1.29 is 72.2 Å². The molecule has 4 aliphatic rings. The number of thioether (sulfide) groups is 1. The Labute approximate surface area is 351 Å². The van der Waals surface area contributed by atoms with E-state index in [0.29, 0.717) is 5.75 Å². The molecule has 1 aromatic carbocycles. The Morgan fingerprint density at radius 1 is 1.00 bits per heavy atom. The maximum atomic E-state index is 15.4. The minimum Gasteiger partial charge on any atom is -0.467 e. The first kappa shape index (κ1) is 45.0. The van der Waals surface area contributed by atoms with Gasteiger partial charge < -0.3 is 48.7 Å². The number of aliphatic hydroxyl groups is 3. The number of carbonyl (C=O) groups excluding carboxylic acids is 6. The highest BCUT2D eigenvalue weighted by atomic mass is 32.2. The zero-order chi connectivity index (χ0) is 43.9. The van der Waals surface area contributed by atoms with Gasteiger partial charge in [0.2, 0.25) is 0 Å². The minimum absolute atomic E-state index is 0.00638. The quantitative estimate of drug-likeness (QED) is 0.102. The van der Waals surface area contributed by atoms with Crippen molar-refractivity contribution in [2.24, 2.45) is 16.7 Å². The third kappa shape index (κ3) is 7.67. The van der Waals surface area contributed by atoms with Crippen molar-refractivity contribution >= 4 is 46.7 Å². The lowest BCUT2D eigenvalue weighted by Gasteiger charge is -2.67. The third-order valence-corrected chi connectivity index (χ3v) is 13.7. The summed E-state index contributed by atoms with van der Waals surface area (Å²) in [5.74, 6) is -5.74. The van der Waals surface area contributed by atoms with Gasteiger partial charge in [-0.25, -0.2) is 9.59 Å². The molecular formula is C43H53NO15S. The second-order valence-electron chi connectivity index (χ2n) is 16.8. The molecule has 326 valence electrons. The second-order valence-corrected chi connectivity index (χ2v) is 17.8. The highest BCUT2D eigenvalue weighted by Gasteiger charge is 2.78. The molecule has 16 nitrogen and oxygen atoms in total. The van der Waals surface area contributed by atoms with E-state index in [1.807, 2.05) is 6.92 Å². The molecule has 2 heterocycles. The number of aliphatic hydroxyl groups excluding tert-OH is 2. The molecule has 3 fully saturated rings. The topological polar surface area (TPSA) is 234 Å². The van der Waals surface area contributed by atoms with E-state index in [-0.39, 0.29) is 35.5 Å². The maximum absolute atomic E-state index is 15.4. The number of rotatable bonds is 12. The fraction of sp³-hybridized carbons (Fsp3) is 0.581. The predicted octanol–water partition coefficient (Wildman–Crippen LogP) is 4.14. The van der Waals surface area contributed by atoms with E-state index in [4.69, 9.17) is 28.1 Å². The number of ether oxygens (including phenoxy) is 5. The van der Waals surface area contributed by atoms with Crippen LogP contribution in [-0.4, -0.2) is 110 Å². The van der Waals surface area contributed by atoms with Crippen LogP contribution in [0.2, 0.25) is 0 Å². The lowest BCUT2D eigenvalue weighted by molar-refractivity contribution is -0.346. The van der Waals surface area contributed by atoms with Crippen molar-refractivity contribution in [3.63, 3.8) is 0 Å². The van der Waals surface area contributed by atoms with Crippen molar-refractivity contribution in [3.05, 3.63) is 71.2 Å². The molecule has 3 aliphatic carbocycles. The Balaban J connectivity index is 1.52. The van der Waals surface area contributed by atoms with Crippen molar-refractivity contribution in [1.29, 1.82) is 0 Å². The van der Waals surface area contributed by atoms with E-state index in [2.05, 4.69) is 5.32 Å². The van der Waals surface area contributed by atoms with Crippen molar-refractivity contribution in [3.8, 4) is 0 Å². The average molecular weight is 856 g/mol. The first-order chi connectivity index (χ1) is 28.2. The summed E-state index contributed by atoms with van der Waals surface area (Å²) in [6.45, 7) is 9.91. The summed E-state index contributed by atoms with van der Waals surface area (Å²) in [6, 6.07) is 9.39. The van der Waals surface area contributed by atoms with Gasteiger partial charge >= 0.3 is 23.9 Å². The molecule has 2 aromatic rings. The lowest BCUT2D eigenvalue weighted by atomic mass is 9.44. The fourth-order valence-electron chi connectivity index (χ4n) is 9.62. The number of fused-ring (bicyclic) bond motifs is 5. The molecule has 0 spiro atoms. The number of amides is 1. The molecule has 1 aromatic heterocycles. The molecule has 17 heteroatoms. The van der Waals surface area contributed by atoms with E-state index in [0.717, 1.165) is 38.5 Å². The predicted molar refractivity (Wildman–Crippen MR) is 212 cm³/mol. The zero-order valence-corrected chi connectivity index (χ0v) is 35.4. The number of carbonyl (C=O) groups is 6. The number of hydrogen-bond donors (Lipinski definition) is 4. The van der Waals surface area contributed by atoms with E-state index in [1.165, 1.54) is 44.4 Å². The van der Waals surface area contributed by atoms with Crippen LogP contribution in [0, 0.1) is 16.7 Å². The molecule has 2 saturated carbocycles. The molecule has 2 bridgehead atoms. The van der Waals surface area contributed by atoms with Crippen LogP contribution in [-0.2, 0) is 42.9 Å². The molecule has 4 N–H and O–H groups in total. The van der Waals surface area contributed by atoms with Crippen molar-refractivity contribution in [2.45, 2.75) is 128 Å². The van der Waals surface area contributed by atoms with E-state index in [1.54, 1.807) is 32.0 Å². The summed E-state index contributed by atoms with van der Waals surface area (Å²) in [5, 5.41) is 39.3. The van der Waals surface area contributed by atoms with Gasteiger partial charge in [-0.3, -0.25) is 19.2 Å². The van der Waals surface area contributed by atoms with Crippen molar-refractivity contribution in [1.82, 2.24) is 5.32 Å². The Bertz CT molecular complexity index is 2020. The van der Waals surface area contributed by atoms with Gasteiger partial charge in [0.1, 0.15) is 35.7 Å². The van der Waals surface area contributed by atoms with Gasteiger partial charge in [-0.15, -0.1) is 0 Å². The Kier molecular flexibility index (Phi) is 12.8. The van der Waals surface area contributed by atoms with Gasteiger partial charge in [-0.2, -0.15) is 0 Å². The number of furan rings is 1. The zero-order valence-electron chi connectivity index (χ0n) is 34.6. The first-order valence-electron chi connectivity index (χ1n) is 20.0. The van der Waals surface area contributed by atoms with E-state index >= 15 is 4.79 Å². The standard InChI is InChI=1S/C43H53NO15S/c1-8-9-18-60-39(52)44-31(26-16-13-17-54-26)32(48)38(51)57-27-20-43(53)36(58-37(50)25-14-11-10-12-15-25)34-41(7,28(47)19-29-42(34,21-55-29)59-24(4)46)35(49)33(56-23(3)45)30(22(27)2)40(43,5)6/h10-17,27-29,31-34,36,47-48,53H,8-9,18-21H2,1-7H3,(H,44,52)/t27-,28-,29+,31+,32+,33+,34-,36-,41+,42-,43+/m0/s1. The third-order valence-electron chi connectivity index (χ3n) is 12.9. The molecule has 1 aliphatic heterocycles. The van der Waals surface area contributed by atoms with Gasteiger partial charge in [-0.1, -0.05) is 57.2 Å². The highest BCUT2D eigenvalue weighted by molar-refractivity contribution is 8.13. The Hall–Kier alpha value is -4.55. The van der Waals surface area contributed by atoms with Crippen LogP contribution in [0.1, 0.15) is 96.3 Å². The summed E-state index contributed by atoms with van der Waals surface area (Å²) in [6.07, 6.45) is -7.64. The van der Waals surface area contributed by atoms with E-state index < -0.39 is 112 Å². The van der Waals surface area contributed by atoms with Crippen LogP contribution < -0.4 is 5.32 Å². The normalized spacial score (nSPS) is 32.7. The summed E-state index contributed by atoms with van der Waals surface area (Å²) in [7, 11) is 0. The van der Waals surface area contributed by atoms with Crippen LogP contribution in [0.15, 0.2) is 64.3 Å². The molecule has 1 saturated heterocycles. The highest BCUT2D eigenvalue weighted by Crippen LogP contribution is 2.64. The number of hydrogen-bond acceptors (Lipinski definition) is 16. The monoisotopic (exact) mass is 855 g/mol. The lowest BCUT2D eigenvalue weighted by Crippen LogP contribution is -2.82. The van der Waals surface area contributed by atoms with Gasteiger partial charge in [0.05, 0.1) is 35.9 Å². The summed E-state index contributed by atoms with van der Waals surface area (Å²) < 4.78 is 35.6. The SMILES string of the molecule is CCCCSC(=O)N[C@H](c1ccco1)[C@@H](O)C(=O)O[C@H]1C[C@@]2(O)[C@@H](OC(=O)c3ccccc3)[C@@H]3[C@]4(OC(C)=O)CO[C@@H]4C[C@H](O)[C@@]3(C)C(=O)[C@H](OC(C)=O)C(=C1C)C2(C)C. The van der Waals surface area contributed by atoms with Crippen molar-refractivity contribution in [2.75, 3.05) is 12.4 Å². The second kappa shape index (κ2) is 17.1. The molecule has 1 amide bonds. The van der Waals surface area contributed by atoms with E-state index in [9.17, 15) is 39.3 Å². The smallest absolute Gasteiger partial charge is 0.338 e. The number of ketones is 1. The first-order valence-corrected chi connectivity index (χ1v) is 21.0.